The van der Waals surface area contributed by atoms with Crippen molar-refractivity contribution in [3.05, 3.63) is 0 Å². The van der Waals surface area contributed by atoms with Crippen molar-refractivity contribution in [1.82, 2.24) is 0 Å². The monoisotopic (exact) mass is 814 g/mol. The molecule has 57 heavy (non-hydrogen) atoms. The fraction of sp³-hybridized carbons (Fsp3) is 0.878. The SMILES string of the molecule is CC[C@H]1OC(=O)[C@H](C)[C@@H](O[C@H]2C[C@@](C)(OC)[C@@H](OC(C)=O)[C@H](C)O2)[C@H](C)[C@@H](O[C@@H]2O[C@H](C)CC[C@H]2OC(C)=O)[C@](C)(OC)C[C@@H](C)C(=O)[C@H](C)C2OC(=O)O[C@@]21C. The van der Waals surface area contributed by atoms with Crippen LogP contribution in [0.2, 0.25) is 0 Å². The molecular formula is C41H66O16. The summed E-state index contributed by atoms with van der Waals surface area (Å²) in [6.07, 6.45) is -7.98. The summed E-state index contributed by atoms with van der Waals surface area (Å²) in [7, 11) is 3.02. The molecule has 0 amide bonds. The molecule has 0 N–H and O–H groups in total. The normalized spacial score (nSPS) is 44.8. The number of ether oxygens (including phenoxy) is 11. The number of esters is 3. The van der Waals surface area contributed by atoms with Crippen molar-refractivity contribution in [3.63, 3.8) is 0 Å². The van der Waals surface area contributed by atoms with Gasteiger partial charge in [-0.15, -0.1) is 0 Å². The van der Waals surface area contributed by atoms with Gasteiger partial charge in [-0.2, -0.15) is 0 Å². The number of hydrogen-bond acceptors (Lipinski definition) is 16. The molecule has 0 aromatic rings. The lowest BCUT2D eigenvalue weighted by Gasteiger charge is -2.49. The minimum atomic E-state index is -1.49. The third-order valence-electron chi connectivity index (χ3n) is 12.5. The number of ketones is 1. The van der Waals surface area contributed by atoms with Crippen LogP contribution in [0, 0.1) is 23.7 Å². The number of fused-ring (bicyclic) bond motifs is 1. The minimum absolute atomic E-state index is 0.107. The molecule has 1 unspecified atom stereocenters. The van der Waals surface area contributed by atoms with Crippen molar-refractivity contribution in [1.29, 1.82) is 0 Å². The number of methoxy groups -OCH3 is 2. The van der Waals surface area contributed by atoms with Gasteiger partial charge in [0.25, 0.3) is 0 Å². The summed E-state index contributed by atoms with van der Waals surface area (Å²) in [4.78, 5) is 65.9. The highest BCUT2D eigenvalue weighted by molar-refractivity contribution is 5.84. The molecular weight excluding hydrogens is 748 g/mol. The maximum atomic E-state index is 14.5. The van der Waals surface area contributed by atoms with Crippen LogP contribution in [0.3, 0.4) is 0 Å². The molecule has 0 aromatic carbocycles. The average Bonchev–Trinajstić information content (AvgIpc) is 3.46. The van der Waals surface area contributed by atoms with E-state index in [9.17, 15) is 24.0 Å². The van der Waals surface area contributed by atoms with E-state index in [4.69, 9.17) is 52.1 Å². The van der Waals surface area contributed by atoms with Gasteiger partial charge in [-0.25, -0.2) is 4.79 Å². The van der Waals surface area contributed by atoms with Crippen LogP contribution in [0.25, 0.3) is 0 Å². The van der Waals surface area contributed by atoms with E-state index in [1.807, 2.05) is 20.8 Å². The molecule has 4 fully saturated rings. The number of rotatable bonds is 9. The molecule has 4 saturated heterocycles. The highest BCUT2D eigenvalue weighted by Gasteiger charge is 2.59. The van der Waals surface area contributed by atoms with Crippen LogP contribution < -0.4 is 0 Å². The summed E-state index contributed by atoms with van der Waals surface area (Å²) in [5, 5.41) is 0. The van der Waals surface area contributed by atoms with Gasteiger partial charge in [0, 0.05) is 46.3 Å². The maximum absolute atomic E-state index is 14.5. The van der Waals surface area contributed by atoms with Crippen LogP contribution >= 0.6 is 0 Å². The second kappa shape index (κ2) is 18.6. The lowest BCUT2D eigenvalue weighted by molar-refractivity contribution is -0.317. The van der Waals surface area contributed by atoms with Gasteiger partial charge >= 0.3 is 24.1 Å². The number of hydrogen-bond donors (Lipinski definition) is 0. The first kappa shape index (κ1) is 46.8. The third-order valence-corrected chi connectivity index (χ3v) is 12.5. The third kappa shape index (κ3) is 10.1. The van der Waals surface area contributed by atoms with Gasteiger partial charge in [-0.3, -0.25) is 19.2 Å². The highest BCUT2D eigenvalue weighted by Crippen LogP contribution is 2.44. The van der Waals surface area contributed by atoms with Crippen LogP contribution in [-0.4, -0.2) is 122 Å². The summed E-state index contributed by atoms with van der Waals surface area (Å²) in [5.41, 5.74) is -3.81. The summed E-state index contributed by atoms with van der Waals surface area (Å²) in [6.45, 7) is 20.2. The fourth-order valence-electron chi connectivity index (χ4n) is 9.30. The number of carbonyl (C=O) groups excluding carboxylic acids is 5. The molecule has 0 saturated carbocycles. The minimum Gasteiger partial charge on any atom is -0.458 e. The molecule has 16 nitrogen and oxygen atoms in total. The van der Waals surface area contributed by atoms with Gasteiger partial charge < -0.3 is 52.1 Å². The molecule has 326 valence electrons. The lowest BCUT2D eigenvalue weighted by Crippen LogP contribution is -2.60. The first-order valence-electron chi connectivity index (χ1n) is 20.2. The van der Waals surface area contributed by atoms with E-state index in [0.29, 0.717) is 12.8 Å². The largest absolute Gasteiger partial charge is 0.509 e. The van der Waals surface area contributed by atoms with Gasteiger partial charge in [-0.05, 0) is 67.2 Å². The molecule has 0 aliphatic carbocycles. The number of cyclic esters (lactones) is 1. The Hall–Kier alpha value is -2.89. The first-order chi connectivity index (χ1) is 26.5. The van der Waals surface area contributed by atoms with E-state index in [2.05, 4.69) is 0 Å². The molecule has 0 spiro atoms. The van der Waals surface area contributed by atoms with Crippen molar-refractivity contribution in [2.45, 2.75) is 193 Å². The van der Waals surface area contributed by atoms with Crippen molar-refractivity contribution in [2.24, 2.45) is 23.7 Å². The molecule has 0 bridgehead atoms. The maximum Gasteiger partial charge on any atom is 0.509 e. The Bertz CT molecular complexity index is 1460. The van der Waals surface area contributed by atoms with E-state index in [-0.39, 0.29) is 31.1 Å². The van der Waals surface area contributed by atoms with Crippen LogP contribution in [0.4, 0.5) is 4.79 Å². The Kier molecular flexibility index (Phi) is 15.3. The zero-order valence-electron chi connectivity index (χ0n) is 36.2. The highest BCUT2D eigenvalue weighted by atomic mass is 16.8. The summed E-state index contributed by atoms with van der Waals surface area (Å²) in [5.74, 6) is -5.20. The lowest BCUT2D eigenvalue weighted by atomic mass is 9.74. The van der Waals surface area contributed by atoms with Gasteiger partial charge in [0.2, 0.25) is 0 Å². The Morgan fingerprint density at radius 2 is 1.39 bits per heavy atom. The number of Topliss-reactive ketones (excluding diaryl/α,β-unsaturated/α-hetero) is 1. The van der Waals surface area contributed by atoms with Gasteiger partial charge in [0.15, 0.2) is 36.5 Å². The van der Waals surface area contributed by atoms with Gasteiger partial charge in [0.1, 0.15) is 17.5 Å². The fourth-order valence-corrected chi connectivity index (χ4v) is 9.30. The van der Waals surface area contributed by atoms with E-state index >= 15 is 0 Å². The van der Waals surface area contributed by atoms with Crippen molar-refractivity contribution < 1.29 is 76.1 Å². The number of carbonyl (C=O) groups is 5. The molecule has 16 heteroatoms. The van der Waals surface area contributed by atoms with E-state index in [1.54, 1.807) is 48.5 Å². The molecule has 17 atom stereocenters. The zero-order valence-corrected chi connectivity index (χ0v) is 36.2. The first-order valence-corrected chi connectivity index (χ1v) is 20.2. The second-order valence-corrected chi connectivity index (χ2v) is 17.1. The summed E-state index contributed by atoms with van der Waals surface area (Å²) >= 11 is 0. The zero-order chi connectivity index (χ0) is 42.8. The molecule has 4 heterocycles. The smallest absolute Gasteiger partial charge is 0.458 e. The second-order valence-electron chi connectivity index (χ2n) is 17.1. The Morgan fingerprint density at radius 3 is 1.96 bits per heavy atom. The van der Waals surface area contributed by atoms with Crippen LogP contribution in [0.5, 0.6) is 0 Å². The molecule has 0 radical (unpaired) electrons. The molecule has 4 aliphatic heterocycles. The topological polar surface area (TPSA) is 187 Å². The van der Waals surface area contributed by atoms with E-state index in [0.717, 1.165) is 0 Å². The Balaban J connectivity index is 1.87. The van der Waals surface area contributed by atoms with Crippen molar-refractivity contribution in [2.75, 3.05) is 14.2 Å². The van der Waals surface area contributed by atoms with Crippen LogP contribution in [0.15, 0.2) is 0 Å². The van der Waals surface area contributed by atoms with E-state index in [1.165, 1.54) is 28.1 Å². The van der Waals surface area contributed by atoms with Gasteiger partial charge in [-0.1, -0.05) is 27.7 Å². The van der Waals surface area contributed by atoms with Gasteiger partial charge in [0.05, 0.1) is 41.9 Å². The van der Waals surface area contributed by atoms with Crippen LogP contribution in [0.1, 0.15) is 115 Å². The Labute approximate surface area is 336 Å². The Morgan fingerprint density at radius 1 is 0.772 bits per heavy atom. The molecule has 4 aliphatic rings. The molecule has 4 rings (SSSR count). The predicted octanol–water partition coefficient (Wildman–Crippen LogP) is 5.22. The average molecular weight is 815 g/mol. The van der Waals surface area contributed by atoms with Crippen LogP contribution in [-0.2, 0) is 71.3 Å². The van der Waals surface area contributed by atoms with Crippen molar-refractivity contribution >= 4 is 29.8 Å². The quantitative estimate of drug-likeness (QED) is 0.218. The standard InChI is InChI=1S/C41H66O16/c1-15-29-41(12)34(56-38(46)57-41)22(4)31(44)20(2)18-39(10,47-13)33(55-37-28(51-26(8)42)17-16-21(3)49-37)23(5)32(24(6)36(45)53-29)54-30-19-40(11,48-14)35(25(7)50-30)52-27(9)43/h20-25,28-30,32-35,37H,15-19H2,1-14H3/t20-,21-,22+,23+,24-,25+,28-,29-,30+,32+,33-,34?,35+,37+,39-,40-,41-/m1/s1. The summed E-state index contributed by atoms with van der Waals surface area (Å²) in [6, 6.07) is 0. The van der Waals surface area contributed by atoms with E-state index < -0.39 is 120 Å². The van der Waals surface area contributed by atoms with Crippen molar-refractivity contribution in [3.8, 4) is 0 Å². The molecule has 0 aromatic heterocycles. The predicted molar refractivity (Wildman–Crippen MR) is 200 cm³/mol. The summed E-state index contributed by atoms with van der Waals surface area (Å²) < 4.78 is 67.6.